The van der Waals surface area contributed by atoms with Crippen molar-refractivity contribution in [3.8, 4) is 0 Å². The van der Waals surface area contributed by atoms with Gasteiger partial charge in [0.1, 0.15) is 5.82 Å². The van der Waals surface area contributed by atoms with Crippen LogP contribution in [0.2, 0.25) is 0 Å². The molecule has 0 saturated carbocycles. The molecule has 0 saturated heterocycles. The number of carbonyl (C=O) groups excluding carboxylic acids is 1. The third kappa shape index (κ3) is 1.93. The van der Waals surface area contributed by atoms with Gasteiger partial charge < -0.3 is 10.6 Å². The lowest BCUT2D eigenvalue weighted by molar-refractivity contribution is -0.117. The molecule has 1 unspecified atom stereocenters. The second kappa shape index (κ2) is 4.49. The van der Waals surface area contributed by atoms with Gasteiger partial charge in [-0.15, -0.1) is 0 Å². The molecule has 1 aliphatic heterocycles. The molecule has 4 nitrogen and oxygen atoms in total. The van der Waals surface area contributed by atoms with Crippen LogP contribution in [0.25, 0.3) is 0 Å². The van der Waals surface area contributed by atoms with Crippen molar-refractivity contribution in [2.45, 2.75) is 5.92 Å². The molecule has 0 bridgehead atoms. The number of benzene rings is 1. The molecule has 0 fully saturated rings. The first-order valence-corrected chi connectivity index (χ1v) is 5.89. The Balaban J connectivity index is 1.92. The molecule has 0 spiro atoms. The predicted octanol–water partition coefficient (Wildman–Crippen LogP) is 2.23. The van der Waals surface area contributed by atoms with E-state index in [4.69, 9.17) is 0 Å². The van der Waals surface area contributed by atoms with Gasteiger partial charge in [0.25, 0.3) is 0 Å². The number of rotatable bonds is 1. The van der Waals surface area contributed by atoms with Crippen molar-refractivity contribution >= 4 is 17.4 Å². The maximum Gasteiger partial charge on any atom is 0.233 e. The van der Waals surface area contributed by atoms with Gasteiger partial charge in [-0.25, -0.2) is 4.98 Å². The van der Waals surface area contributed by atoms with Gasteiger partial charge in [0, 0.05) is 12.7 Å². The summed E-state index contributed by atoms with van der Waals surface area (Å²) in [4.78, 5) is 16.4. The molecule has 1 aliphatic rings. The maximum atomic E-state index is 12.2. The van der Waals surface area contributed by atoms with Crippen LogP contribution >= 0.6 is 0 Å². The van der Waals surface area contributed by atoms with Crippen molar-refractivity contribution < 1.29 is 4.79 Å². The predicted molar refractivity (Wildman–Crippen MR) is 70.5 cm³/mol. The van der Waals surface area contributed by atoms with Crippen molar-refractivity contribution in [2.75, 3.05) is 17.2 Å². The number of fused-ring (bicyclic) bond motifs is 1. The van der Waals surface area contributed by atoms with Crippen molar-refractivity contribution in [3.63, 3.8) is 0 Å². The Hall–Kier alpha value is -2.36. The van der Waals surface area contributed by atoms with E-state index in [9.17, 15) is 4.79 Å². The Morgan fingerprint density at radius 2 is 1.94 bits per heavy atom. The van der Waals surface area contributed by atoms with Crippen LogP contribution in [0.1, 0.15) is 11.5 Å². The summed E-state index contributed by atoms with van der Waals surface area (Å²) < 4.78 is 0. The van der Waals surface area contributed by atoms with E-state index in [1.165, 1.54) is 0 Å². The lowest BCUT2D eigenvalue weighted by Crippen LogP contribution is -2.23. The highest BCUT2D eigenvalue weighted by Crippen LogP contribution is 2.26. The van der Waals surface area contributed by atoms with Gasteiger partial charge in [-0.05, 0) is 17.7 Å². The van der Waals surface area contributed by atoms with E-state index in [2.05, 4.69) is 15.6 Å². The third-order valence-electron chi connectivity index (χ3n) is 3.06. The number of carbonyl (C=O) groups is 1. The molecule has 0 radical (unpaired) electrons. The number of hydrogen-bond donors (Lipinski definition) is 2. The van der Waals surface area contributed by atoms with Crippen molar-refractivity contribution in [1.82, 2.24) is 4.98 Å². The molecule has 2 N–H and O–H groups in total. The monoisotopic (exact) mass is 239 g/mol. The summed E-state index contributed by atoms with van der Waals surface area (Å²) in [6, 6.07) is 13.4. The van der Waals surface area contributed by atoms with Crippen LogP contribution in [0, 0.1) is 0 Å². The zero-order valence-electron chi connectivity index (χ0n) is 9.76. The van der Waals surface area contributed by atoms with Crippen LogP contribution in [0.4, 0.5) is 11.5 Å². The van der Waals surface area contributed by atoms with Gasteiger partial charge >= 0.3 is 0 Å². The average molecular weight is 239 g/mol. The molecule has 18 heavy (non-hydrogen) atoms. The SMILES string of the molecule is O=C1Nc2cccnc2NCC1c1ccccc1. The Morgan fingerprint density at radius 3 is 2.78 bits per heavy atom. The van der Waals surface area contributed by atoms with Crippen LogP contribution in [0.3, 0.4) is 0 Å². The number of anilines is 2. The molecule has 1 aromatic carbocycles. The second-order valence-corrected chi connectivity index (χ2v) is 4.23. The quantitative estimate of drug-likeness (QED) is 0.802. The fourth-order valence-corrected chi connectivity index (χ4v) is 2.11. The van der Waals surface area contributed by atoms with Crippen molar-refractivity contribution in [3.05, 3.63) is 54.2 Å². The summed E-state index contributed by atoms with van der Waals surface area (Å²) in [6.07, 6.45) is 1.71. The van der Waals surface area contributed by atoms with E-state index in [0.717, 1.165) is 17.1 Å². The minimum atomic E-state index is -0.194. The minimum absolute atomic E-state index is 0.000417. The molecule has 1 atom stereocenters. The first kappa shape index (κ1) is 10.8. The Kier molecular flexibility index (Phi) is 2.68. The van der Waals surface area contributed by atoms with Gasteiger partial charge in [-0.1, -0.05) is 30.3 Å². The minimum Gasteiger partial charge on any atom is -0.367 e. The Bertz CT molecular complexity index is 568. The summed E-state index contributed by atoms with van der Waals surface area (Å²) in [5.74, 6) is 0.533. The van der Waals surface area contributed by atoms with E-state index < -0.39 is 0 Å². The number of hydrogen-bond acceptors (Lipinski definition) is 3. The Morgan fingerprint density at radius 1 is 1.11 bits per heavy atom. The van der Waals surface area contributed by atoms with Gasteiger partial charge in [0.2, 0.25) is 5.91 Å². The smallest absolute Gasteiger partial charge is 0.233 e. The number of amides is 1. The van der Waals surface area contributed by atoms with E-state index in [1.807, 2.05) is 42.5 Å². The number of pyridine rings is 1. The second-order valence-electron chi connectivity index (χ2n) is 4.23. The zero-order valence-corrected chi connectivity index (χ0v) is 9.76. The summed E-state index contributed by atoms with van der Waals surface area (Å²) in [5.41, 5.74) is 1.75. The number of nitrogens with zero attached hydrogens (tertiary/aromatic N) is 1. The van der Waals surface area contributed by atoms with Crippen LogP contribution in [0.5, 0.6) is 0 Å². The number of aromatic nitrogens is 1. The van der Waals surface area contributed by atoms with E-state index in [0.29, 0.717) is 6.54 Å². The Labute approximate surface area is 105 Å². The molecular weight excluding hydrogens is 226 g/mol. The molecule has 2 heterocycles. The molecule has 2 aromatic rings. The summed E-state index contributed by atoms with van der Waals surface area (Å²) >= 11 is 0. The van der Waals surface area contributed by atoms with Crippen molar-refractivity contribution in [1.29, 1.82) is 0 Å². The molecule has 1 aromatic heterocycles. The van der Waals surface area contributed by atoms with Crippen LogP contribution in [-0.4, -0.2) is 17.4 Å². The highest BCUT2D eigenvalue weighted by Gasteiger charge is 2.24. The zero-order chi connectivity index (χ0) is 12.4. The van der Waals surface area contributed by atoms with Gasteiger partial charge in [0.15, 0.2) is 0 Å². The summed E-state index contributed by atoms with van der Waals surface area (Å²) in [6.45, 7) is 0.555. The molecule has 0 aliphatic carbocycles. The van der Waals surface area contributed by atoms with Gasteiger partial charge in [-0.3, -0.25) is 4.79 Å². The van der Waals surface area contributed by atoms with Gasteiger partial charge in [-0.2, -0.15) is 0 Å². The lowest BCUT2D eigenvalue weighted by atomic mass is 9.98. The van der Waals surface area contributed by atoms with Crippen LogP contribution < -0.4 is 10.6 Å². The van der Waals surface area contributed by atoms with Gasteiger partial charge in [0.05, 0.1) is 11.6 Å². The topological polar surface area (TPSA) is 54.0 Å². The molecule has 3 rings (SSSR count). The molecule has 1 amide bonds. The maximum absolute atomic E-state index is 12.2. The van der Waals surface area contributed by atoms with E-state index >= 15 is 0 Å². The van der Waals surface area contributed by atoms with E-state index in [-0.39, 0.29) is 11.8 Å². The fraction of sp³-hybridized carbons (Fsp3) is 0.143. The van der Waals surface area contributed by atoms with Crippen LogP contribution in [0.15, 0.2) is 48.7 Å². The third-order valence-corrected chi connectivity index (χ3v) is 3.06. The molecular formula is C14H13N3O. The normalized spacial score (nSPS) is 18.2. The summed E-state index contributed by atoms with van der Waals surface area (Å²) in [5, 5.41) is 6.12. The molecule has 90 valence electrons. The highest BCUT2D eigenvalue weighted by atomic mass is 16.2. The fourth-order valence-electron chi connectivity index (χ4n) is 2.11. The summed E-state index contributed by atoms with van der Waals surface area (Å²) in [7, 11) is 0. The van der Waals surface area contributed by atoms with E-state index in [1.54, 1.807) is 6.20 Å². The highest BCUT2D eigenvalue weighted by molar-refractivity contribution is 5.99. The number of nitrogens with one attached hydrogen (secondary N) is 2. The standard InChI is InChI=1S/C14H13N3O/c18-14-11(10-5-2-1-3-6-10)9-16-13-12(17-14)7-4-8-15-13/h1-8,11H,9H2,(H,15,16)(H,17,18). The van der Waals surface area contributed by atoms with Crippen molar-refractivity contribution in [2.24, 2.45) is 0 Å². The largest absolute Gasteiger partial charge is 0.367 e. The first-order valence-electron chi connectivity index (χ1n) is 5.89. The van der Waals surface area contributed by atoms with Crippen LogP contribution in [-0.2, 0) is 4.79 Å². The first-order chi connectivity index (χ1) is 8.84. The average Bonchev–Trinajstić information content (AvgIpc) is 2.58. The lowest BCUT2D eigenvalue weighted by Gasteiger charge is -2.13. The molecule has 4 heteroatoms.